The smallest absolute Gasteiger partial charge is 0.00123 e. The van der Waals surface area contributed by atoms with E-state index in [0.29, 0.717) is 0 Å². The summed E-state index contributed by atoms with van der Waals surface area (Å²) in [6, 6.07) is 0. The average Bonchev–Trinajstić information content (AvgIpc) is 2.18. The quantitative estimate of drug-likeness (QED) is 0.633. The van der Waals surface area contributed by atoms with Crippen molar-refractivity contribution in [3.8, 4) is 0 Å². The summed E-state index contributed by atoms with van der Waals surface area (Å²) in [4.78, 5) is 2.69. The van der Waals surface area contributed by atoms with Crippen molar-refractivity contribution in [2.45, 2.75) is 45.4 Å². The Labute approximate surface area is 82.5 Å². The highest BCUT2D eigenvalue weighted by molar-refractivity contribution is 4.83. The van der Waals surface area contributed by atoms with Crippen LogP contribution in [0, 0.1) is 11.8 Å². The lowest BCUT2D eigenvalue weighted by Crippen LogP contribution is -2.41. The maximum atomic E-state index is 2.69. The second-order valence-electron chi connectivity index (χ2n) is 4.89. The first-order chi connectivity index (χ1) is 6.40. The minimum atomic E-state index is 1.06. The van der Waals surface area contributed by atoms with Crippen molar-refractivity contribution in [3.63, 3.8) is 0 Å². The monoisotopic (exact) mass is 181 g/mol. The van der Waals surface area contributed by atoms with Gasteiger partial charge in [-0.1, -0.05) is 26.2 Å². The zero-order valence-electron chi connectivity index (χ0n) is 8.97. The number of nitrogens with zero attached hydrogens (tertiary/aromatic N) is 1. The van der Waals surface area contributed by atoms with Gasteiger partial charge in [-0.15, -0.1) is 0 Å². The van der Waals surface area contributed by atoms with E-state index in [9.17, 15) is 0 Å². The Hall–Kier alpha value is -0.0400. The third-order valence-electron chi connectivity index (χ3n) is 3.92. The predicted octanol–water partition coefficient (Wildman–Crippen LogP) is 2.91. The standard InChI is InChI=1S/C12H23N/c1-2-8-13-9-7-11-5-3-4-6-12(11)10-13/h11-12H,2-10H2,1H3/t11-,12-/m1/s1. The van der Waals surface area contributed by atoms with Crippen molar-refractivity contribution in [2.24, 2.45) is 11.8 Å². The Morgan fingerprint density at radius 3 is 2.62 bits per heavy atom. The molecule has 1 saturated heterocycles. The lowest BCUT2D eigenvalue weighted by molar-refractivity contribution is 0.0871. The molecule has 1 nitrogen and oxygen atoms in total. The van der Waals surface area contributed by atoms with Crippen LogP contribution in [-0.4, -0.2) is 24.5 Å². The van der Waals surface area contributed by atoms with Crippen LogP contribution in [0.25, 0.3) is 0 Å². The van der Waals surface area contributed by atoms with E-state index in [1.54, 1.807) is 0 Å². The van der Waals surface area contributed by atoms with Crippen LogP contribution >= 0.6 is 0 Å². The summed E-state index contributed by atoms with van der Waals surface area (Å²) in [5, 5.41) is 0. The fraction of sp³-hybridized carbons (Fsp3) is 1.00. The molecule has 0 radical (unpaired) electrons. The molecule has 2 aliphatic rings. The number of hydrogen-bond donors (Lipinski definition) is 0. The summed E-state index contributed by atoms with van der Waals surface area (Å²) < 4.78 is 0. The third-order valence-corrected chi connectivity index (χ3v) is 3.92. The summed E-state index contributed by atoms with van der Waals surface area (Å²) in [6.07, 6.45) is 8.88. The SMILES string of the molecule is CCCN1CC[C@H]2CCCC[C@@H]2C1. The molecule has 1 heteroatoms. The van der Waals surface area contributed by atoms with Gasteiger partial charge in [0, 0.05) is 6.54 Å². The molecule has 1 saturated carbocycles. The molecule has 0 N–H and O–H groups in total. The molecule has 0 amide bonds. The summed E-state index contributed by atoms with van der Waals surface area (Å²) in [5.74, 6) is 2.16. The molecule has 0 aromatic heterocycles. The molecule has 2 rings (SSSR count). The summed E-state index contributed by atoms with van der Waals surface area (Å²) in [6.45, 7) is 6.43. The second-order valence-corrected chi connectivity index (χ2v) is 4.89. The topological polar surface area (TPSA) is 3.24 Å². The Balaban J connectivity index is 1.84. The Kier molecular flexibility index (Phi) is 3.26. The van der Waals surface area contributed by atoms with Crippen molar-refractivity contribution < 1.29 is 0 Å². The van der Waals surface area contributed by atoms with Crippen LogP contribution in [0.1, 0.15) is 45.4 Å². The lowest BCUT2D eigenvalue weighted by Gasteiger charge is -2.41. The molecule has 1 heterocycles. The molecule has 2 fully saturated rings. The van der Waals surface area contributed by atoms with Gasteiger partial charge in [-0.25, -0.2) is 0 Å². The Morgan fingerprint density at radius 1 is 1.08 bits per heavy atom. The van der Waals surface area contributed by atoms with E-state index in [2.05, 4.69) is 11.8 Å². The fourth-order valence-corrected chi connectivity index (χ4v) is 3.20. The first-order valence-electron chi connectivity index (χ1n) is 6.12. The molecule has 0 aromatic rings. The molecule has 0 bridgehead atoms. The van der Waals surface area contributed by atoms with Crippen LogP contribution in [0.2, 0.25) is 0 Å². The Morgan fingerprint density at radius 2 is 1.85 bits per heavy atom. The highest BCUT2D eigenvalue weighted by Gasteiger charge is 2.30. The molecule has 0 unspecified atom stereocenters. The predicted molar refractivity (Wildman–Crippen MR) is 56.8 cm³/mol. The zero-order chi connectivity index (χ0) is 9.10. The van der Waals surface area contributed by atoms with Crippen molar-refractivity contribution in [3.05, 3.63) is 0 Å². The third kappa shape index (κ3) is 2.25. The van der Waals surface area contributed by atoms with E-state index in [0.717, 1.165) is 11.8 Å². The molecule has 0 aromatic carbocycles. The largest absolute Gasteiger partial charge is 0.303 e. The van der Waals surface area contributed by atoms with Gasteiger partial charge in [0.05, 0.1) is 0 Å². The number of piperidine rings is 1. The molecule has 76 valence electrons. The molecule has 1 aliphatic heterocycles. The van der Waals surface area contributed by atoms with E-state index in [1.807, 2.05) is 0 Å². The maximum absolute atomic E-state index is 2.69. The second kappa shape index (κ2) is 4.45. The van der Waals surface area contributed by atoms with Crippen molar-refractivity contribution >= 4 is 0 Å². The van der Waals surface area contributed by atoms with Gasteiger partial charge in [0.25, 0.3) is 0 Å². The summed E-state index contributed by atoms with van der Waals surface area (Å²) >= 11 is 0. The minimum Gasteiger partial charge on any atom is -0.303 e. The van der Waals surface area contributed by atoms with Crippen molar-refractivity contribution in [2.75, 3.05) is 19.6 Å². The van der Waals surface area contributed by atoms with Gasteiger partial charge >= 0.3 is 0 Å². The lowest BCUT2D eigenvalue weighted by atomic mass is 9.75. The first kappa shape index (κ1) is 9.51. The fourth-order valence-electron chi connectivity index (χ4n) is 3.20. The van der Waals surface area contributed by atoms with Crippen LogP contribution in [-0.2, 0) is 0 Å². The van der Waals surface area contributed by atoms with Gasteiger partial charge in [-0.2, -0.15) is 0 Å². The van der Waals surface area contributed by atoms with Crippen LogP contribution in [0.15, 0.2) is 0 Å². The number of hydrogen-bond acceptors (Lipinski definition) is 1. The van der Waals surface area contributed by atoms with Crippen LogP contribution in [0.5, 0.6) is 0 Å². The van der Waals surface area contributed by atoms with E-state index in [1.165, 1.54) is 58.2 Å². The van der Waals surface area contributed by atoms with Crippen LogP contribution < -0.4 is 0 Å². The average molecular weight is 181 g/mol. The molecule has 13 heavy (non-hydrogen) atoms. The molecule has 2 atom stereocenters. The summed E-state index contributed by atoms with van der Waals surface area (Å²) in [5.41, 5.74) is 0. The summed E-state index contributed by atoms with van der Waals surface area (Å²) in [7, 11) is 0. The van der Waals surface area contributed by atoms with Gasteiger partial charge in [0.2, 0.25) is 0 Å². The molecule has 0 spiro atoms. The highest BCUT2D eigenvalue weighted by Crippen LogP contribution is 2.35. The van der Waals surface area contributed by atoms with Crippen molar-refractivity contribution in [1.29, 1.82) is 0 Å². The number of likely N-dealkylation sites (tertiary alicyclic amines) is 1. The van der Waals surface area contributed by atoms with Crippen LogP contribution in [0.3, 0.4) is 0 Å². The van der Waals surface area contributed by atoms with Gasteiger partial charge in [0.15, 0.2) is 0 Å². The van der Waals surface area contributed by atoms with E-state index < -0.39 is 0 Å². The van der Waals surface area contributed by atoms with Crippen LogP contribution in [0.4, 0.5) is 0 Å². The molecular weight excluding hydrogens is 158 g/mol. The minimum absolute atomic E-state index is 1.06. The van der Waals surface area contributed by atoms with Gasteiger partial charge < -0.3 is 4.90 Å². The zero-order valence-corrected chi connectivity index (χ0v) is 8.97. The molecule has 1 aliphatic carbocycles. The van der Waals surface area contributed by atoms with Gasteiger partial charge in [-0.05, 0) is 44.2 Å². The Bertz CT molecular complexity index is 155. The number of rotatable bonds is 2. The van der Waals surface area contributed by atoms with Gasteiger partial charge in [0.1, 0.15) is 0 Å². The van der Waals surface area contributed by atoms with E-state index >= 15 is 0 Å². The number of fused-ring (bicyclic) bond motifs is 1. The normalized spacial score (nSPS) is 35.8. The molecular formula is C12H23N. The maximum Gasteiger partial charge on any atom is 0.00123 e. The van der Waals surface area contributed by atoms with E-state index in [-0.39, 0.29) is 0 Å². The first-order valence-corrected chi connectivity index (χ1v) is 6.12. The van der Waals surface area contributed by atoms with Crippen molar-refractivity contribution in [1.82, 2.24) is 4.90 Å². The van der Waals surface area contributed by atoms with E-state index in [4.69, 9.17) is 0 Å². The van der Waals surface area contributed by atoms with Gasteiger partial charge in [-0.3, -0.25) is 0 Å². The highest BCUT2D eigenvalue weighted by atomic mass is 15.1.